The van der Waals surface area contributed by atoms with Gasteiger partial charge in [0.05, 0.1) is 5.41 Å². The molecule has 1 aliphatic rings. The Kier molecular flexibility index (Phi) is 4.31. The Bertz CT molecular complexity index is 313. The predicted octanol–water partition coefficient (Wildman–Crippen LogP) is 1.41. The van der Waals surface area contributed by atoms with Crippen molar-refractivity contribution in [1.82, 2.24) is 10.2 Å². The molecule has 2 amide bonds. The number of nitrogens with one attached hydrogen (secondary N) is 1. The summed E-state index contributed by atoms with van der Waals surface area (Å²) < 4.78 is 0. The smallest absolute Gasteiger partial charge is 0.235 e. The van der Waals surface area contributed by atoms with E-state index in [0.29, 0.717) is 18.9 Å². The van der Waals surface area contributed by atoms with Gasteiger partial charge in [-0.25, -0.2) is 0 Å². The van der Waals surface area contributed by atoms with E-state index in [4.69, 9.17) is 0 Å². The van der Waals surface area contributed by atoms with Crippen LogP contribution in [-0.4, -0.2) is 36.3 Å². The Hall–Kier alpha value is -0.900. The zero-order valence-corrected chi connectivity index (χ0v) is 11.5. The van der Waals surface area contributed by atoms with Gasteiger partial charge in [-0.3, -0.25) is 14.5 Å². The van der Waals surface area contributed by atoms with Gasteiger partial charge < -0.3 is 5.32 Å². The van der Waals surface area contributed by atoms with Crippen molar-refractivity contribution in [3.05, 3.63) is 0 Å². The maximum absolute atomic E-state index is 12.1. The summed E-state index contributed by atoms with van der Waals surface area (Å²) in [5.74, 6) is 0.374. The van der Waals surface area contributed by atoms with Crippen LogP contribution < -0.4 is 5.32 Å². The van der Waals surface area contributed by atoms with Crippen molar-refractivity contribution in [1.29, 1.82) is 0 Å². The second kappa shape index (κ2) is 5.17. The van der Waals surface area contributed by atoms with Gasteiger partial charge in [0.15, 0.2) is 0 Å². The first-order chi connectivity index (χ1) is 7.83. The Balaban J connectivity index is 2.74. The van der Waals surface area contributed by atoms with Crippen molar-refractivity contribution in [3.63, 3.8) is 0 Å². The largest absolute Gasteiger partial charge is 0.315 e. The molecule has 0 bridgehead atoms. The van der Waals surface area contributed by atoms with E-state index < -0.39 is 5.41 Å². The molecule has 0 radical (unpaired) electrons. The Labute approximate surface area is 104 Å². The second-order valence-electron chi connectivity index (χ2n) is 5.65. The van der Waals surface area contributed by atoms with Crippen LogP contribution in [0.2, 0.25) is 0 Å². The van der Waals surface area contributed by atoms with Crippen LogP contribution >= 0.6 is 0 Å². The maximum atomic E-state index is 12.1. The molecule has 0 aromatic heterocycles. The third kappa shape index (κ3) is 2.86. The minimum absolute atomic E-state index is 0.0361. The molecule has 1 heterocycles. The molecule has 2 unspecified atom stereocenters. The van der Waals surface area contributed by atoms with Crippen LogP contribution in [0.4, 0.5) is 0 Å². The monoisotopic (exact) mass is 240 g/mol. The summed E-state index contributed by atoms with van der Waals surface area (Å²) in [4.78, 5) is 25.3. The van der Waals surface area contributed by atoms with E-state index in [1.807, 2.05) is 20.9 Å². The lowest BCUT2D eigenvalue weighted by atomic mass is 9.92. The van der Waals surface area contributed by atoms with E-state index in [-0.39, 0.29) is 17.9 Å². The first kappa shape index (κ1) is 14.2. The van der Waals surface area contributed by atoms with Gasteiger partial charge in [0.25, 0.3) is 0 Å². The van der Waals surface area contributed by atoms with E-state index in [0.717, 1.165) is 6.42 Å². The number of carbonyl (C=O) groups is 2. The molecule has 1 N–H and O–H groups in total. The van der Waals surface area contributed by atoms with E-state index >= 15 is 0 Å². The molecule has 0 saturated carbocycles. The highest BCUT2D eigenvalue weighted by Gasteiger charge is 2.45. The molecular formula is C13H24N2O2. The zero-order chi connectivity index (χ0) is 13.2. The predicted molar refractivity (Wildman–Crippen MR) is 67.4 cm³/mol. The van der Waals surface area contributed by atoms with Crippen LogP contribution in [0.3, 0.4) is 0 Å². The molecule has 4 heteroatoms. The molecule has 4 nitrogen and oxygen atoms in total. The molecule has 0 spiro atoms. The first-order valence-electron chi connectivity index (χ1n) is 6.35. The molecule has 1 rings (SSSR count). The highest BCUT2D eigenvalue weighted by molar-refractivity contribution is 6.05. The molecule has 1 saturated heterocycles. The first-order valence-corrected chi connectivity index (χ1v) is 6.35. The third-order valence-electron chi connectivity index (χ3n) is 3.80. The van der Waals surface area contributed by atoms with Crippen LogP contribution in [-0.2, 0) is 9.59 Å². The van der Waals surface area contributed by atoms with Crippen molar-refractivity contribution in [2.75, 3.05) is 13.6 Å². The summed E-state index contributed by atoms with van der Waals surface area (Å²) in [6, 6.07) is 0.182. The number of imide groups is 1. The molecular weight excluding hydrogens is 216 g/mol. The molecule has 98 valence electrons. The number of hydrogen-bond acceptors (Lipinski definition) is 3. The highest BCUT2D eigenvalue weighted by atomic mass is 16.2. The van der Waals surface area contributed by atoms with Gasteiger partial charge in [-0.05, 0) is 13.0 Å². The lowest BCUT2D eigenvalue weighted by Gasteiger charge is -2.27. The van der Waals surface area contributed by atoms with Crippen LogP contribution in [0.1, 0.15) is 40.5 Å². The SMILES string of the molecule is CCC(C)C(CN1C(=O)CC(C)(C)C1=O)NC. The van der Waals surface area contributed by atoms with E-state index in [1.165, 1.54) is 4.90 Å². The molecule has 0 aromatic rings. The molecule has 17 heavy (non-hydrogen) atoms. The average Bonchev–Trinajstić information content (AvgIpc) is 2.45. The van der Waals surface area contributed by atoms with Crippen molar-refractivity contribution in [2.24, 2.45) is 11.3 Å². The number of carbonyl (C=O) groups excluding carboxylic acids is 2. The summed E-state index contributed by atoms with van der Waals surface area (Å²) in [5.41, 5.74) is -0.523. The van der Waals surface area contributed by atoms with E-state index in [2.05, 4.69) is 19.2 Å². The second-order valence-corrected chi connectivity index (χ2v) is 5.65. The summed E-state index contributed by atoms with van der Waals surface area (Å²) in [6.07, 6.45) is 1.37. The molecule has 0 aliphatic carbocycles. The summed E-state index contributed by atoms with van der Waals surface area (Å²) >= 11 is 0. The van der Waals surface area contributed by atoms with Gasteiger partial charge in [0.2, 0.25) is 11.8 Å². The molecule has 2 atom stereocenters. The standard InChI is InChI=1S/C13H24N2O2/c1-6-9(2)10(14-5)8-15-11(16)7-13(3,4)12(15)17/h9-10,14H,6-8H2,1-5H3. The van der Waals surface area contributed by atoms with Crippen molar-refractivity contribution >= 4 is 11.8 Å². The minimum atomic E-state index is -0.523. The summed E-state index contributed by atoms with van der Waals surface area (Å²) in [6.45, 7) is 8.42. The van der Waals surface area contributed by atoms with E-state index in [1.54, 1.807) is 0 Å². The molecule has 1 fully saturated rings. The maximum Gasteiger partial charge on any atom is 0.235 e. The van der Waals surface area contributed by atoms with Crippen molar-refractivity contribution < 1.29 is 9.59 Å². The van der Waals surface area contributed by atoms with E-state index in [9.17, 15) is 9.59 Å². The van der Waals surface area contributed by atoms with Gasteiger partial charge in [-0.15, -0.1) is 0 Å². The fourth-order valence-electron chi connectivity index (χ4n) is 2.25. The van der Waals surface area contributed by atoms with Crippen molar-refractivity contribution in [2.45, 2.75) is 46.6 Å². The van der Waals surface area contributed by atoms with Crippen LogP contribution in [0.25, 0.3) is 0 Å². The van der Waals surface area contributed by atoms with Crippen LogP contribution in [0, 0.1) is 11.3 Å². The normalized spacial score (nSPS) is 23.0. The fraction of sp³-hybridized carbons (Fsp3) is 0.846. The molecule has 1 aliphatic heterocycles. The minimum Gasteiger partial charge on any atom is -0.315 e. The Morgan fingerprint density at radius 1 is 1.41 bits per heavy atom. The number of likely N-dealkylation sites (N-methyl/N-ethyl adjacent to an activating group) is 1. The van der Waals surface area contributed by atoms with Crippen molar-refractivity contribution in [3.8, 4) is 0 Å². The molecule has 0 aromatic carbocycles. The summed E-state index contributed by atoms with van der Waals surface area (Å²) in [7, 11) is 1.88. The number of likely N-dealkylation sites (tertiary alicyclic amines) is 1. The van der Waals surface area contributed by atoms with Gasteiger partial charge in [0, 0.05) is 19.0 Å². The Morgan fingerprint density at radius 2 is 2.00 bits per heavy atom. The number of rotatable bonds is 5. The number of hydrogen-bond donors (Lipinski definition) is 1. The fourth-order valence-corrected chi connectivity index (χ4v) is 2.25. The van der Waals surface area contributed by atoms with Gasteiger partial charge in [-0.1, -0.05) is 34.1 Å². The topological polar surface area (TPSA) is 49.4 Å². The van der Waals surface area contributed by atoms with Gasteiger partial charge >= 0.3 is 0 Å². The average molecular weight is 240 g/mol. The number of amides is 2. The lowest BCUT2D eigenvalue weighted by Crippen LogP contribution is -2.46. The lowest BCUT2D eigenvalue weighted by molar-refractivity contribution is -0.141. The number of nitrogens with zero attached hydrogens (tertiary/aromatic N) is 1. The highest BCUT2D eigenvalue weighted by Crippen LogP contribution is 2.31. The summed E-state index contributed by atoms with van der Waals surface area (Å²) in [5, 5.41) is 3.20. The quantitative estimate of drug-likeness (QED) is 0.739. The van der Waals surface area contributed by atoms with Gasteiger partial charge in [0.1, 0.15) is 0 Å². The van der Waals surface area contributed by atoms with Crippen LogP contribution in [0.5, 0.6) is 0 Å². The van der Waals surface area contributed by atoms with Crippen LogP contribution in [0.15, 0.2) is 0 Å². The third-order valence-corrected chi connectivity index (χ3v) is 3.80. The Morgan fingerprint density at radius 3 is 2.35 bits per heavy atom. The zero-order valence-electron chi connectivity index (χ0n) is 11.5. The van der Waals surface area contributed by atoms with Gasteiger partial charge in [-0.2, -0.15) is 0 Å².